The Morgan fingerprint density at radius 3 is 3.04 bits per heavy atom. The van der Waals surface area contributed by atoms with Crippen LogP contribution in [0, 0.1) is 5.92 Å². The molecule has 2 saturated heterocycles. The van der Waals surface area contributed by atoms with Gasteiger partial charge in [-0.25, -0.2) is 0 Å². The molecule has 3 rings (SSSR count). The van der Waals surface area contributed by atoms with E-state index in [-0.39, 0.29) is 5.60 Å². The van der Waals surface area contributed by atoms with E-state index in [1.807, 2.05) is 12.3 Å². The molecule has 0 unspecified atom stereocenters. The first kappa shape index (κ1) is 17.8. The monoisotopic (exact) mass is 333 g/mol. The van der Waals surface area contributed by atoms with Gasteiger partial charge in [0.1, 0.15) is 5.60 Å². The van der Waals surface area contributed by atoms with Gasteiger partial charge in [-0.3, -0.25) is 9.88 Å². The molecular formula is C19H31N3O2. The first-order valence-electron chi connectivity index (χ1n) is 9.10. The van der Waals surface area contributed by atoms with Crippen molar-refractivity contribution in [3.63, 3.8) is 0 Å². The highest BCUT2D eigenvalue weighted by Crippen LogP contribution is 2.33. The van der Waals surface area contributed by atoms with Gasteiger partial charge in [0.15, 0.2) is 0 Å². The molecule has 2 atom stereocenters. The summed E-state index contributed by atoms with van der Waals surface area (Å²) in [6.07, 6.45) is 2.95. The molecule has 0 amide bonds. The fraction of sp³-hybridized carbons (Fsp3) is 0.737. The van der Waals surface area contributed by atoms with Gasteiger partial charge in [-0.05, 0) is 45.4 Å². The Kier molecular flexibility index (Phi) is 5.87. The SMILES string of the molecule is CC(C)N(C)C[C@@H]1CO[C@]2(COCCN(Cc3ccccn3)C2)C1. The molecule has 1 aromatic heterocycles. The van der Waals surface area contributed by atoms with Crippen molar-refractivity contribution in [2.75, 3.05) is 46.5 Å². The second kappa shape index (κ2) is 7.91. The summed E-state index contributed by atoms with van der Waals surface area (Å²) < 4.78 is 12.2. The summed E-state index contributed by atoms with van der Waals surface area (Å²) >= 11 is 0. The quantitative estimate of drug-likeness (QED) is 0.824. The minimum absolute atomic E-state index is 0.145. The van der Waals surface area contributed by atoms with Crippen LogP contribution in [0.4, 0.5) is 0 Å². The molecule has 0 bridgehead atoms. The Bertz CT molecular complexity index is 511. The van der Waals surface area contributed by atoms with Crippen molar-refractivity contribution in [3.8, 4) is 0 Å². The molecule has 5 heteroatoms. The summed E-state index contributed by atoms with van der Waals surface area (Å²) in [4.78, 5) is 9.31. The van der Waals surface area contributed by atoms with Gasteiger partial charge in [0, 0.05) is 38.4 Å². The van der Waals surface area contributed by atoms with Crippen LogP contribution in [0.15, 0.2) is 24.4 Å². The lowest BCUT2D eigenvalue weighted by Crippen LogP contribution is -2.44. The maximum atomic E-state index is 6.31. The van der Waals surface area contributed by atoms with Crippen LogP contribution in [-0.4, -0.2) is 72.9 Å². The van der Waals surface area contributed by atoms with Crippen molar-refractivity contribution in [2.24, 2.45) is 5.92 Å². The van der Waals surface area contributed by atoms with Crippen LogP contribution < -0.4 is 0 Å². The summed E-state index contributed by atoms with van der Waals surface area (Å²) in [5.74, 6) is 0.593. The van der Waals surface area contributed by atoms with Gasteiger partial charge in [0.25, 0.3) is 0 Å². The molecule has 3 heterocycles. The van der Waals surface area contributed by atoms with Crippen LogP contribution >= 0.6 is 0 Å². The lowest BCUT2D eigenvalue weighted by atomic mass is 9.93. The number of nitrogens with zero attached hydrogens (tertiary/aromatic N) is 3. The highest BCUT2D eigenvalue weighted by atomic mass is 16.5. The number of hydrogen-bond donors (Lipinski definition) is 0. The van der Waals surface area contributed by atoms with Crippen LogP contribution in [0.3, 0.4) is 0 Å². The van der Waals surface area contributed by atoms with Gasteiger partial charge in [-0.1, -0.05) is 6.07 Å². The second-order valence-electron chi connectivity index (χ2n) is 7.68. The van der Waals surface area contributed by atoms with E-state index in [9.17, 15) is 0 Å². The molecule has 134 valence electrons. The average molecular weight is 333 g/mol. The molecule has 1 spiro atoms. The Morgan fingerprint density at radius 2 is 2.29 bits per heavy atom. The Balaban J connectivity index is 1.60. The third-order valence-electron chi connectivity index (χ3n) is 5.25. The van der Waals surface area contributed by atoms with E-state index < -0.39 is 0 Å². The smallest absolute Gasteiger partial charge is 0.104 e. The van der Waals surface area contributed by atoms with Crippen LogP contribution in [0.5, 0.6) is 0 Å². The lowest BCUT2D eigenvalue weighted by Gasteiger charge is -2.31. The third kappa shape index (κ3) is 4.54. The molecule has 2 fully saturated rings. The van der Waals surface area contributed by atoms with E-state index in [4.69, 9.17) is 9.47 Å². The zero-order valence-electron chi connectivity index (χ0n) is 15.3. The van der Waals surface area contributed by atoms with Gasteiger partial charge in [-0.2, -0.15) is 0 Å². The fourth-order valence-electron chi connectivity index (χ4n) is 3.72. The van der Waals surface area contributed by atoms with Gasteiger partial charge in [-0.15, -0.1) is 0 Å². The van der Waals surface area contributed by atoms with E-state index in [0.29, 0.717) is 18.6 Å². The zero-order chi connectivity index (χ0) is 17.0. The molecule has 2 aliphatic heterocycles. The summed E-state index contributed by atoms with van der Waals surface area (Å²) in [5.41, 5.74) is 0.969. The van der Waals surface area contributed by atoms with Crippen LogP contribution in [0.25, 0.3) is 0 Å². The van der Waals surface area contributed by atoms with Crippen molar-refractivity contribution >= 4 is 0 Å². The molecule has 0 aromatic carbocycles. The fourth-order valence-corrected chi connectivity index (χ4v) is 3.72. The highest BCUT2D eigenvalue weighted by Gasteiger charge is 2.43. The number of hydrogen-bond acceptors (Lipinski definition) is 5. The maximum absolute atomic E-state index is 6.31. The zero-order valence-corrected chi connectivity index (χ0v) is 15.3. The Hall–Kier alpha value is -1.01. The first-order chi connectivity index (χ1) is 11.6. The number of rotatable bonds is 5. The minimum atomic E-state index is -0.145. The Morgan fingerprint density at radius 1 is 1.42 bits per heavy atom. The van der Waals surface area contributed by atoms with Crippen molar-refractivity contribution in [3.05, 3.63) is 30.1 Å². The van der Waals surface area contributed by atoms with Crippen molar-refractivity contribution in [1.82, 2.24) is 14.8 Å². The van der Waals surface area contributed by atoms with E-state index >= 15 is 0 Å². The molecule has 2 aliphatic rings. The van der Waals surface area contributed by atoms with Gasteiger partial charge in [0.2, 0.25) is 0 Å². The normalized spacial score (nSPS) is 28.8. The number of ether oxygens (including phenoxy) is 2. The van der Waals surface area contributed by atoms with Crippen LogP contribution in [0.2, 0.25) is 0 Å². The molecule has 0 aliphatic carbocycles. The van der Waals surface area contributed by atoms with Crippen LogP contribution in [-0.2, 0) is 16.0 Å². The topological polar surface area (TPSA) is 37.8 Å². The number of pyridine rings is 1. The highest BCUT2D eigenvalue weighted by molar-refractivity contribution is 5.04. The Labute approximate surface area is 145 Å². The van der Waals surface area contributed by atoms with Gasteiger partial charge >= 0.3 is 0 Å². The molecule has 1 aromatic rings. The van der Waals surface area contributed by atoms with E-state index in [1.54, 1.807) is 0 Å². The number of aromatic nitrogens is 1. The van der Waals surface area contributed by atoms with E-state index in [2.05, 4.69) is 47.8 Å². The lowest BCUT2D eigenvalue weighted by molar-refractivity contribution is -0.0564. The first-order valence-corrected chi connectivity index (χ1v) is 9.10. The van der Waals surface area contributed by atoms with E-state index in [1.165, 1.54) is 0 Å². The largest absolute Gasteiger partial charge is 0.377 e. The maximum Gasteiger partial charge on any atom is 0.104 e. The molecular weight excluding hydrogens is 302 g/mol. The molecule has 0 radical (unpaired) electrons. The molecule has 24 heavy (non-hydrogen) atoms. The standard InChI is InChI=1S/C19H31N3O2/c1-16(2)21(3)11-17-10-19(24-13-17)14-22(8-9-23-15-19)12-18-6-4-5-7-20-18/h4-7,16-17H,8-15H2,1-3H3/t17-,19-/m1/s1. The van der Waals surface area contributed by atoms with Crippen molar-refractivity contribution in [2.45, 2.75) is 38.5 Å². The van der Waals surface area contributed by atoms with Gasteiger partial charge < -0.3 is 14.4 Å². The van der Waals surface area contributed by atoms with Gasteiger partial charge in [0.05, 0.1) is 25.5 Å². The summed E-state index contributed by atoms with van der Waals surface area (Å²) in [6.45, 7) is 10.7. The minimum Gasteiger partial charge on any atom is -0.377 e. The average Bonchev–Trinajstić information content (AvgIpc) is 2.83. The molecule has 0 N–H and O–H groups in total. The summed E-state index contributed by atoms with van der Waals surface area (Å²) in [6, 6.07) is 6.68. The third-order valence-corrected chi connectivity index (χ3v) is 5.25. The second-order valence-corrected chi connectivity index (χ2v) is 7.68. The predicted octanol–water partition coefficient (Wildman–Crippen LogP) is 2.03. The molecule has 0 saturated carbocycles. The van der Waals surface area contributed by atoms with Crippen molar-refractivity contribution in [1.29, 1.82) is 0 Å². The summed E-state index contributed by atoms with van der Waals surface area (Å²) in [7, 11) is 2.20. The van der Waals surface area contributed by atoms with E-state index in [0.717, 1.165) is 51.5 Å². The predicted molar refractivity (Wildman–Crippen MR) is 94.9 cm³/mol. The van der Waals surface area contributed by atoms with Crippen LogP contribution in [0.1, 0.15) is 26.0 Å². The summed E-state index contributed by atoms with van der Waals surface area (Å²) in [5, 5.41) is 0. The molecule has 5 nitrogen and oxygen atoms in total. The van der Waals surface area contributed by atoms with Crippen molar-refractivity contribution < 1.29 is 9.47 Å².